The summed E-state index contributed by atoms with van der Waals surface area (Å²) in [6.07, 6.45) is 0. The highest BCUT2D eigenvalue weighted by Gasteiger charge is 2.13. The molecule has 0 aliphatic carbocycles. The molecule has 1 amide bonds. The molecule has 0 aromatic heterocycles. The number of ether oxygens (including phenoxy) is 1. The van der Waals surface area contributed by atoms with Gasteiger partial charge in [0.2, 0.25) is 0 Å². The maximum Gasteiger partial charge on any atom is 0.279 e. The van der Waals surface area contributed by atoms with E-state index in [2.05, 4.69) is 43.4 Å². The van der Waals surface area contributed by atoms with Crippen LogP contribution in [0.5, 0.6) is 5.75 Å². The molecule has 0 fully saturated rings. The van der Waals surface area contributed by atoms with E-state index in [4.69, 9.17) is 4.74 Å². The molecular formula is C21H29N2O2+. The molecular weight excluding hydrogens is 312 g/mol. The largest absolute Gasteiger partial charge is 0.495 e. The number of hydrogen-bond donors (Lipinski definition) is 2. The number of likely N-dealkylation sites (N-methyl/N-ethyl adjacent to an activating group) is 1. The van der Waals surface area contributed by atoms with Crippen molar-refractivity contribution in [2.75, 3.05) is 26.0 Å². The quantitative estimate of drug-likeness (QED) is 0.813. The third kappa shape index (κ3) is 5.61. The van der Waals surface area contributed by atoms with Gasteiger partial charge in [-0.3, -0.25) is 4.79 Å². The summed E-state index contributed by atoms with van der Waals surface area (Å²) in [6, 6.07) is 14.4. The molecule has 0 aliphatic heterocycles. The Morgan fingerprint density at radius 1 is 1.16 bits per heavy atom. The molecule has 0 bridgehead atoms. The van der Waals surface area contributed by atoms with Crippen LogP contribution >= 0.6 is 0 Å². The molecule has 2 rings (SSSR count). The highest BCUT2D eigenvalue weighted by Crippen LogP contribution is 2.24. The Morgan fingerprint density at radius 3 is 2.44 bits per heavy atom. The molecule has 25 heavy (non-hydrogen) atoms. The third-order valence-corrected chi connectivity index (χ3v) is 4.24. The van der Waals surface area contributed by atoms with Crippen molar-refractivity contribution in [2.24, 2.45) is 0 Å². The Balaban J connectivity index is 1.93. The van der Waals surface area contributed by atoms with E-state index in [0.29, 0.717) is 18.2 Å². The van der Waals surface area contributed by atoms with Gasteiger partial charge < -0.3 is 15.0 Å². The van der Waals surface area contributed by atoms with Gasteiger partial charge >= 0.3 is 0 Å². The van der Waals surface area contributed by atoms with Crippen molar-refractivity contribution in [1.29, 1.82) is 0 Å². The summed E-state index contributed by atoms with van der Waals surface area (Å²) in [5, 5.41) is 2.96. The monoisotopic (exact) mass is 341 g/mol. The topological polar surface area (TPSA) is 42.8 Å². The second-order valence-corrected chi connectivity index (χ2v) is 6.96. The Bertz CT molecular complexity index is 708. The van der Waals surface area contributed by atoms with Gasteiger partial charge in [0.15, 0.2) is 6.54 Å². The van der Waals surface area contributed by atoms with E-state index >= 15 is 0 Å². The second kappa shape index (κ2) is 8.67. The second-order valence-electron chi connectivity index (χ2n) is 6.96. The first-order valence-corrected chi connectivity index (χ1v) is 8.73. The minimum absolute atomic E-state index is 0.0137. The first-order chi connectivity index (χ1) is 11.9. The van der Waals surface area contributed by atoms with Crippen LogP contribution < -0.4 is 15.0 Å². The van der Waals surface area contributed by atoms with Gasteiger partial charge in [0, 0.05) is 5.56 Å². The van der Waals surface area contributed by atoms with E-state index in [1.165, 1.54) is 11.1 Å². The number of rotatable bonds is 7. The van der Waals surface area contributed by atoms with Gasteiger partial charge in [-0.05, 0) is 36.1 Å². The summed E-state index contributed by atoms with van der Waals surface area (Å²) in [6.45, 7) is 7.60. The number of carbonyl (C=O) groups is 1. The molecule has 0 spiro atoms. The number of quaternary nitrogens is 1. The van der Waals surface area contributed by atoms with Crippen LogP contribution in [0.3, 0.4) is 0 Å². The number of nitrogens with one attached hydrogen (secondary N) is 2. The summed E-state index contributed by atoms with van der Waals surface area (Å²) in [4.78, 5) is 13.5. The smallest absolute Gasteiger partial charge is 0.279 e. The first-order valence-electron chi connectivity index (χ1n) is 8.73. The van der Waals surface area contributed by atoms with Crippen molar-refractivity contribution in [3.63, 3.8) is 0 Å². The number of amides is 1. The lowest BCUT2D eigenvalue weighted by Gasteiger charge is -2.16. The molecule has 0 heterocycles. The number of benzene rings is 2. The van der Waals surface area contributed by atoms with Crippen molar-refractivity contribution in [3.8, 4) is 5.75 Å². The fourth-order valence-electron chi connectivity index (χ4n) is 2.82. The first kappa shape index (κ1) is 19.0. The fourth-order valence-corrected chi connectivity index (χ4v) is 2.82. The van der Waals surface area contributed by atoms with E-state index in [9.17, 15) is 4.79 Å². The van der Waals surface area contributed by atoms with Gasteiger partial charge in [0.05, 0.1) is 19.8 Å². The van der Waals surface area contributed by atoms with Gasteiger partial charge in [-0.1, -0.05) is 44.2 Å². The van der Waals surface area contributed by atoms with Gasteiger partial charge in [-0.25, -0.2) is 0 Å². The Morgan fingerprint density at radius 2 is 1.84 bits per heavy atom. The number of carbonyl (C=O) groups excluding carboxylic acids is 1. The molecule has 0 saturated carbocycles. The van der Waals surface area contributed by atoms with Gasteiger partial charge in [0.25, 0.3) is 5.91 Å². The SMILES string of the molecule is COc1ccc(C)cc1NC(=O)C[NH+](C)Cc1ccc(C(C)C)cc1. The van der Waals surface area contributed by atoms with Crippen molar-refractivity contribution in [1.82, 2.24) is 0 Å². The maximum absolute atomic E-state index is 12.3. The molecule has 2 aromatic rings. The van der Waals surface area contributed by atoms with Crippen LogP contribution in [-0.4, -0.2) is 26.6 Å². The van der Waals surface area contributed by atoms with Crippen LogP contribution in [0.15, 0.2) is 42.5 Å². The molecule has 0 aliphatic rings. The normalized spacial score (nSPS) is 12.1. The molecule has 134 valence electrons. The summed E-state index contributed by atoms with van der Waals surface area (Å²) in [5.74, 6) is 1.20. The van der Waals surface area contributed by atoms with Crippen LogP contribution in [0.25, 0.3) is 0 Å². The van der Waals surface area contributed by atoms with Gasteiger partial charge in [-0.15, -0.1) is 0 Å². The maximum atomic E-state index is 12.3. The van der Waals surface area contributed by atoms with Crippen molar-refractivity contribution < 1.29 is 14.4 Å². The lowest BCUT2D eigenvalue weighted by atomic mass is 10.0. The van der Waals surface area contributed by atoms with Crippen molar-refractivity contribution >= 4 is 11.6 Å². The number of methoxy groups -OCH3 is 1. The molecule has 4 nitrogen and oxygen atoms in total. The fraction of sp³-hybridized carbons (Fsp3) is 0.381. The third-order valence-electron chi connectivity index (χ3n) is 4.24. The standard InChI is InChI=1S/C21H28N2O2/c1-15(2)18-9-7-17(8-10-18)13-23(4)14-21(24)22-19-12-16(3)6-11-20(19)25-5/h6-12,15H,13-14H2,1-5H3,(H,22,24)/p+1. The average Bonchev–Trinajstić information content (AvgIpc) is 2.55. The molecule has 2 aromatic carbocycles. The van der Waals surface area contributed by atoms with E-state index in [0.717, 1.165) is 22.7 Å². The Kier molecular flexibility index (Phi) is 6.59. The molecule has 1 unspecified atom stereocenters. The van der Waals surface area contributed by atoms with Crippen molar-refractivity contribution in [3.05, 3.63) is 59.2 Å². The lowest BCUT2D eigenvalue weighted by Crippen LogP contribution is -3.08. The van der Waals surface area contributed by atoms with E-state index < -0.39 is 0 Å². The summed E-state index contributed by atoms with van der Waals surface area (Å²) in [5.41, 5.74) is 4.39. The predicted molar refractivity (Wildman–Crippen MR) is 102 cm³/mol. The minimum atomic E-state index is -0.0137. The van der Waals surface area contributed by atoms with Gasteiger partial charge in [-0.2, -0.15) is 0 Å². The van der Waals surface area contributed by atoms with Crippen LogP contribution in [0, 0.1) is 6.92 Å². The molecule has 2 N–H and O–H groups in total. The highest BCUT2D eigenvalue weighted by molar-refractivity contribution is 5.93. The predicted octanol–water partition coefficient (Wildman–Crippen LogP) is 2.78. The lowest BCUT2D eigenvalue weighted by molar-refractivity contribution is -0.885. The van der Waals surface area contributed by atoms with E-state index in [1.807, 2.05) is 32.2 Å². The number of hydrogen-bond acceptors (Lipinski definition) is 2. The van der Waals surface area contributed by atoms with Crippen LogP contribution in [-0.2, 0) is 11.3 Å². The molecule has 0 radical (unpaired) electrons. The van der Waals surface area contributed by atoms with Crippen LogP contribution in [0.4, 0.5) is 5.69 Å². The summed E-state index contributed by atoms with van der Waals surface area (Å²) in [7, 11) is 3.64. The molecule has 1 atom stereocenters. The van der Waals surface area contributed by atoms with Gasteiger partial charge in [0.1, 0.15) is 12.3 Å². The number of anilines is 1. The zero-order valence-corrected chi connectivity index (χ0v) is 15.8. The summed E-state index contributed by atoms with van der Waals surface area (Å²) >= 11 is 0. The Hall–Kier alpha value is -2.33. The van der Waals surface area contributed by atoms with Crippen LogP contribution in [0.1, 0.15) is 36.5 Å². The zero-order valence-electron chi connectivity index (χ0n) is 15.8. The molecule has 0 saturated heterocycles. The number of aryl methyl sites for hydroxylation is 1. The van der Waals surface area contributed by atoms with E-state index in [-0.39, 0.29) is 5.91 Å². The van der Waals surface area contributed by atoms with Crippen molar-refractivity contribution in [2.45, 2.75) is 33.2 Å². The van der Waals surface area contributed by atoms with E-state index in [1.54, 1.807) is 7.11 Å². The minimum Gasteiger partial charge on any atom is -0.495 e. The summed E-state index contributed by atoms with van der Waals surface area (Å²) < 4.78 is 5.31. The average molecular weight is 341 g/mol. The zero-order chi connectivity index (χ0) is 18.4. The Labute approximate surface area is 150 Å². The van der Waals surface area contributed by atoms with Crippen LogP contribution in [0.2, 0.25) is 0 Å². The molecule has 4 heteroatoms. The highest BCUT2D eigenvalue weighted by atomic mass is 16.5.